The van der Waals surface area contributed by atoms with Gasteiger partial charge in [-0.15, -0.1) is 0 Å². The van der Waals surface area contributed by atoms with Gasteiger partial charge in [-0.3, -0.25) is 0 Å². The van der Waals surface area contributed by atoms with Crippen LogP contribution in [0.15, 0.2) is 18.2 Å². The zero-order valence-electron chi connectivity index (χ0n) is 13.4. The minimum atomic E-state index is 0.203. The van der Waals surface area contributed by atoms with Gasteiger partial charge < -0.3 is 25.3 Å². The van der Waals surface area contributed by atoms with E-state index in [1.54, 1.807) is 7.11 Å². The summed E-state index contributed by atoms with van der Waals surface area (Å²) in [7, 11) is 1.71. The SMILES string of the molecule is CCOc1ccc(OCC)c(NC(CCCN)COC)c1. The molecule has 1 aromatic rings. The lowest BCUT2D eigenvalue weighted by Crippen LogP contribution is -2.26. The number of nitrogens with one attached hydrogen (secondary N) is 1. The second-order valence-corrected chi connectivity index (χ2v) is 4.75. The Morgan fingerprint density at radius 1 is 1.19 bits per heavy atom. The molecule has 5 heteroatoms. The summed E-state index contributed by atoms with van der Waals surface area (Å²) < 4.78 is 16.5. The number of benzene rings is 1. The van der Waals surface area contributed by atoms with E-state index in [9.17, 15) is 0 Å². The Bertz CT molecular complexity index is 399. The number of rotatable bonds is 11. The van der Waals surface area contributed by atoms with Crippen LogP contribution in [0.3, 0.4) is 0 Å². The van der Waals surface area contributed by atoms with E-state index in [0.717, 1.165) is 30.0 Å². The predicted molar refractivity (Wildman–Crippen MR) is 86.4 cm³/mol. The van der Waals surface area contributed by atoms with Crippen LogP contribution >= 0.6 is 0 Å². The predicted octanol–water partition coefficient (Wildman–Crippen LogP) is 2.65. The Morgan fingerprint density at radius 2 is 1.95 bits per heavy atom. The Labute approximate surface area is 127 Å². The average Bonchev–Trinajstić information content (AvgIpc) is 2.48. The van der Waals surface area contributed by atoms with Crippen molar-refractivity contribution in [1.82, 2.24) is 0 Å². The molecule has 1 atom stereocenters. The van der Waals surface area contributed by atoms with Gasteiger partial charge in [0.25, 0.3) is 0 Å². The third kappa shape index (κ3) is 6.23. The molecule has 21 heavy (non-hydrogen) atoms. The summed E-state index contributed by atoms with van der Waals surface area (Å²) in [6.07, 6.45) is 1.91. The quantitative estimate of drug-likeness (QED) is 0.657. The van der Waals surface area contributed by atoms with Crippen molar-refractivity contribution in [2.75, 3.05) is 38.8 Å². The Kier molecular flexibility index (Phi) is 8.62. The summed E-state index contributed by atoms with van der Waals surface area (Å²) >= 11 is 0. The molecule has 1 unspecified atom stereocenters. The molecule has 0 heterocycles. The van der Waals surface area contributed by atoms with E-state index in [-0.39, 0.29) is 6.04 Å². The van der Waals surface area contributed by atoms with Crippen molar-refractivity contribution in [3.8, 4) is 11.5 Å². The smallest absolute Gasteiger partial charge is 0.142 e. The van der Waals surface area contributed by atoms with Crippen molar-refractivity contribution in [3.63, 3.8) is 0 Å². The van der Waals surface area contributed by atoms with Gasteiger partial charge in [-0.1, -0.05) is 0 Å². The molecule has 5 nitrogen and oxygen atoms in total. The molecule has 0 saturated carbocycles. The van der Waals surface area contributed by atoms with Gasteiger partial charge in [-0.05, 0) is 45.4 Å². The third-order valence-electron chi connectivity index (χ3n) is 3.05. The first kappa shape index (κ1) is 17.6. The van der Waals surface area contributed by atoms with E-state index in [1.165, 1.54) is 0 Å². The van der Waals surface area contributed by atoms with Crippen LogP contribution in [0.2, 0.25) is 0 Å². The molecule has 0 amide bonds. The number of anilines is 1. The van der Waals surface area contributed by atoms with Gasteiger partial charge in [0.1, 0.15) is 11.5 Å². The Morgan fingerprint density at radius 3 is 2.57 bits per heavy atom. The first-order chi connectivity index (χ1) is 10.2. The number of hydrogen-bond donors (Lipinski definition) is 2. The van der Waals surface area contributed by atoms with Crippen LogP contribution in [0.4, 0.5) is 5.69 Å². The molecule has 0 aliphatic rings. The highest BCUT2D eigenvalue weighted by Crippen LogP contribution is 2.30. The maximum atomic E-state index is 5.67. The summed E-state index contributed by atoms with van der Waals surface area (Å²) in [5.41, 5.74) is 6.53. The number of nitrogens with two attached hydrogens (primary N) is 1. The topological polar surface area (TPSA) is 65.7 Å². The summed E-state index contributed by atoms with van der Waals surface area (Å²) in [4.78, 5) is 0. The average molecular weight is 296 g/mol. The second kappa shape index (κ2) is 10.3. The van der Waals surface area contributed by atoms with Crippen molar-refractivity contribution >= 4 is 5.69 Å². The maximum absolute atomic E-state index is 5.67. The summed E-state index contributed by atoms with van der Waals surface area (Å²) in [6, 6.07) is 6.03. The highest BCUT2D eigenvalue weighted by Gasteiger charge is 2.12. The van der Waals surface area contributed by atoms with Gasteiger partial charge in [0.2, 0.25) is 0 Å². The van der Waals surface area contributed by atoms with Crippen LogP contribution in [0.25, 0.3) is 0 Å². The molecular weight excluding hydrogens is 268 g/mol. The van der Waals surface area contributed by atoms with Crippen LogP contribution in [0.5, 0.6) is 11.5 Å². The molecule has 120 valence electrons. The van der Waals surface area contributed by atoms with Crippen LogP contribution in [-0.4, -0.2) is 39.5 Å². The van der Waals surface area contributed by atoms with Gasteiger partial charge in [0.05, 0.1) is 25.5 Å². The van der Waals surface area contributed by atoms with Gasteiger partial charge in [-0.2, -0.15) is 0 Å². The summed E-state index contributed by atoms with van der Waals surface area (Å²) in [5, 5.41) is 3.48. The fourth-order valence-electron chi connectivity index (χ4n) is 2.14. The van der Waals surface area contributed by atoms with Crippen LogP contribution in [0.1, 0.15) is 26.7 Å². The molecule has 3 N–H and O–H groups in total. The van der Waals surface area contributed by atoms with Crippen LogP contribution in [-0.2, 0) is 4.74 Å². The lowest BCUT2D eigenvalue weighted by Gasteiger charge is -2.21. The minimum Gasteiger partial charge on any atom is -0.494 e. The van der Waals surface area contributed by atoms with E-state index in [4.69, 9.17) is 19.9 Å². The number of hydrogen-bond acceptors (Lipinski definition) is 5. The summed E-state index contributed by atoms with van der Waals surface area (Å²) in [5.74, 6) is 1.66. The largest absolute Gasteiger partial charge is 0.494 e. The summed E-state index contributed by atoms with van der Waals surface area (Å²) in [6.45, 7) is 6.52. The van der Waals surface area contributed by atoms with E-state index >= 15 is 0 Å². The highest BCUT2D eigenvalue weighted by molar-refractivity contribution is 5.60. The lowest BCUT2D eigenvalue weighted by molar-refractivity contribution is 0.182. The van der Waals surface area contributed by atoms with Crippen molar-refractivity contribution in [2.45, 2.75) is 32.7 Å². The molecule has 0 spiro atoms. The molecule has 0 saturated heterocycles. The molecule has 0 bridgehead atoms. The Hall–Kier alpha value is -1.46. The molecule has 0 radical (unpaired) electrons. The molecule has 0 aliphatic carbocycles. The van der Waals surface area contributed by atoms with Gasteiger partial charge in [0, 0.05) is 19.2 Å². The van der Waals surface area contributed by atoms with Gasteiger partial charge >= 0.3 is 0 Å². The van der Waals surface area contributed by atoms with E-state index in [1.807, 2.05) is 32.0 Å². The number of ether oxygens (including phenoxy) is 3. The molecule has 0 aliphatic heterocycles. The standard InChI is InChI=1S/C16H28N2O3/c1-4-20-14-8-9-16(21-5-2)15(11-14)18-13(12-19-3)7-6-10-17/h8-9,11,13,18H,4-7,10,12,17H2,1-3H3. The molecule has 0 aromatic heterocycles. The molecule has 1 rings (SSSR count). The highest BCUT2D eigenvalue weighted by atomic mass is 16.5. The van der Waals surface area contributed by atoms with E-state index < -0.39 is 0 Å². The second-order valence-electron chi connectivity index (χ2n) is 4.75. The van der Waals surface area contributed by atoms with Gasteiger partial charge in [-0.25, -0.2) is 0 Å². The first-order valence-corrected chi connectivity index (χ1v) is 7.60. The molecule has 1 aromatic carbocycles. The monoisotopic (exact) mass is 296 g/mol. The Balaban J connectivity index is 2.85. The molecular formula is C16H28N2O3. The van der Waals surface area contributed by atoms with Crippen molar-refractivity contribution in [1.29, 1.82) is 0 Å². The fourth-order valence-corrected chi connectivity index (χ4v) is 2.14. The van der Waals surface area contributed by atoms with Crippen LogP contribution in [0, 0.1) is 0 Å². The lowest BCUT2D eigenvalue weighted by atomic mass is 10.1. The number of methoxy groups -OCH3 is 1. The van der Waals surface area contributed by atoms with E-state index in [2.05, 4.69) is 5.32 Å². The maximum Gasteiger partial charge on any atom is 0.142 e. The van der Waals surface area contributed by atoms with Crippen molar-refractivity contribution in [2.24, 2.45) is 5.73 Å². The minimum absolute atomic E-state index is 0.203. The fraction of sp³-hybridized carbons (Fsp3) is 0.625. The zero-order valence-corrected chi connectivity index (χ0v) is 13.4. The van der Waals surface area contributed by atoms with Crippen molar-refractivity contribution < 1.29 is 14.2 Å². The van der Waals surface area contributed by atoms with Gasteiger partial charge in [0.15, 0.2) is 0 Å². The molecule has 0 fully saturated rings. The van der Waals surface area contributed by atoms with Crippen molar-refractivity contribution in [3.05, 3.63) is 18.2 Å². The van der Waals surface area contributed by atoms with E-state index in [0.29, 0.717) is 26.4 Å². The third-order valence-corrected chi connectivity index (χ3v) is 3.05. The van der Waals surface area contributed by atoms with Crippen LogP contribution < -0.4 is 20.5 Å². The zero-order chi connectivity index (χ0) is 15.5. The normalized spacial score (nSPS) is 12.0. The first-order valence-electron chi connectivity index (χ1n) is 7.60.